The summed E-state index contributed by atoms with van der Waals surface area (Å²) in [5, 5.41) is 0. The highest BCUT2D eigenvalue weighted by Gasteiger charge is 2.35. The maximum atomic E-state index is 12.7. The van der Waals surface area contributed by atoms with E-state index in [0.29, 0.717) is 13.2 Å². The monoisotopic (exact) mass is 722 g/mol. The van der Waals surface area contributed by atoms with E-state index in [1.807, 2.05) is 12.2 Å². The lowest BCUT2D eigenvalue weighted by molar-refractivity contribution is 0.162. The Balaban J connectivity index is 4.46. The second-order valence-corrected chi connectivity index (χ2v) is 15.3. The lowest BCUT2D eigenvalue weighted by atomic mass is 10.1. The van der Waals surface area contributed by atoms with Gasteiger partial charge in [-0.3, -0.25) is 9.05 Å². The summed E-state index contributed by atoms with van der Waals surface area (Å²) in [6.07, 6.45) is 21.2. The van der Waals surface area contributed by atoms with E-state index in [9.17, 15) is 9.13 Å². The van der Waals surface area contributed by atoms with Crippen molar-refractivity contribution >= 4 is 15.6 Å². The molecule has 0 rings (SSSR count). The Hall–Kier alpha value is -2.26. The molecule has 0 aromatic carbocycles. The van der Waals surface area contributed by atoms with Gasteiger partial charge in [-0.15, -0.1) is 0 Å². The topological polar surface area (TPSA) is 121 Å². The summed E-state index contributed by atoms with van der Waals surface area (Å²) in [7, 11) is -9.81. The molecule has 0 saturated heterocycles. The number of hydrogen-bond donors (Lipinski definition) is 2. The zero-order valence-corrected chi connectivity index (χ0v) is 32.8. The molecule has 0 spiro atoms. The third kappa shape index (κ3) is 32.7. The summed E-state index contributed by atoms with van der Waals surface area (Å²) < 4.78 is 49.1. The smallest absolute Gasteiger partial charge is 0.365 e. The van der Waals surface area contributed by atoms with Crippen molar-refractivity contribution in [3.05, 3.63) is 69.9 Å². The van der Waals surface area contributed by atoms with Gasteiger partial charge in [0.2, 0.25) is 0 Å². The summed E-state index contributed by atoms with van der Waals surface area (Å²) in [6.45, 7) is 16.9. The zero-order valence-electron chi connectivity index (χ0n) is 31.0. The van der Waals surface area contributed by atoms with Crippen molar-refractivity contribution in [1.29, 1.82) is 0 Å². The minimum atomic E-state index is -5.18. The van der Waals surface area contributed by atoms with E-state index in [4.69, 9.17) is 28.3 Å². The van der Waals surface area contributed by atoms with Crippen LogP contribution in [0.4, 0.5) is 0 Å². The molecule has 0 atom stereocenters. The molecule has 0 aromatic rings. The van der Waals surface area contributed by atoms with Crippen molar-refractivity contribution in [3.63, 3.8) is 0 Å². The number of rotatable bonds is 24. The van der Waals surface area contributed by atoms with Crippen molar-refractivity contribution in [2.45, 2.75) is 107 Å². The average molecular weight is 723 g/mol. The molecule has 2 N–H and O–H groups in total. The Bertz CT molecular complexity index is 1270. The molecule has 0 fully saturated rings. The average Bonchev–Trinajstić information content (AvgIpc) is 2.98. The molecule has 0 saturated carbocycles. The van der Waals surface area contributed by atoms with Crippen molar-refractivity contribution < 1.29 is 41.7 Å². The minimum Gasteiger partial charge on any atom is -0.365 e. The number of phosphoric ester groups is 1. The van der Waals surface area contributed by atoms with E-state index in [0.717, 1.165) is 51.4 Å². The zero-order chi connectivity index (χ0) is 37.0. The van der Waals surface area contributed by atoms with Gasteiger partial charge in [-0.2, -0.15) is 4.31 Å². The molecule has 0 amide bonds. The van der Waals surface area contributed by atoms with Crippen LogP contribution in [0.1, 0.15) is 107 Å². The molecule has 9 nitrogen and oxygen atoms in total. The summed E-state index contributed by atoms with van der Waals surface area (Å²) in [5.41, 5.74) is 7.90. The number of allylic oxidation sites excluding steroid dienone is 10. The van der Waals surface area contributed by atoms with E-state index >= 15 is 0 Å². The lowest BCUT2D eigenvalue weighted by Crippen LogP contribution is -2.01. The molecule has 0 aliphatic rings. The Labute approximate surface area is 296 Å². The standard InChI is InChI=1S/C38H60O9P2/c1-33(2)17-13-19-35(5)21-15-23-37(7)25-31-43-27-9-11-29-45-49(42,47-48(39,40)41)46-30-12-10-28-44-32-26-38(8)24-16-22-36(6)20-14-18-34(3)4/h17-18,21-22,25-26H,13-16,19-20,23-24,27-32H2,1-8H3,(H2,39,40,41)/b35-21+,36-22+,37-25+,38-26+. The fourth-order valence-corrected chi connectivity index (χ4v) is 5.88. The second-order valence-electron chi connectivity index (χ2n) is 12.2. The molecule has 49 heavy (non-hydrogen) atoms. The van der Waals surface area contributed by atoms with Crippen molar-refractivity contribution in [3.8, 4) is 23.7 Å². The van der Waals surface area contributed by atoms with Crippen LogP contribution in [0, 0.1) is 23.7 Å². The number of ether oxygens (including phenoxy) is 2. The largest absolute Gasteiger partial charge is 0.485 e. The quantitative estimate of drug-likeness (QED) is 0.0434. The van der Waals surface area contributed by atoms with E-state index in [2.05, 4.69) is 108 Å². The molecule has 0 heterocycles. The molecular formula is C38H60O9P2. The van der Waals surface area contributed by atoms with Crippen LogP contribution in [0.15, 0.2) is 69.9 Å². The van der Waals surface area contributed by atoms with Gasteiger partial charge in [0.15, 0.2) is 0 Å². The SMILES string of the molecule is CC(C)=CCC/C(C)=C/CC/C(C)=C/COCC#CCOP(=O)(OCC#CCOC/C=C(\C)CC/C=C(\C)CCC=C(C)C)OP(=O)(O)O. The highest BCUT2D eigenvalue weighted by atomic mass is 31.3. The van der Waals surface area contributed by atoms with Gasteiger partial charge < -0.3 is 19.3 Å². The second kappa shape index (κ2) is 28.4. The maximum absolute atomic E-state index is 12.7. The first-order valence-electron chi connectivity index (χ1n) is 16.7. The Morgan fingerprint density at radius 1 is 0.510 bits per heavy atom. The normalized spacial score (nSPS) is 13.9. The molecule has 0 radical (unpaired) electrons. The molecule has 0 aromatic heterocycles. The molecule has 276 valence electrons. The molecular weight excluding hydrogens is 662 g/mol. The van der Waals surface area contributed by atoms with Crippen LogP contribution in [-0.4, -0.2) is 49.4 Å². The Kier molecular flexibility index (Phi) is 27.1. The fraction of sp³-hybridized carbons (Fsp3) is 0.579. The first-order chi connectivity index (χ1) is 23.1. The van der Waals surface area contributed by atoms with Crippen LogP contribution in [0.3, 0.4) is 0 Å². The van der Waals surface area contributed by atoms with Crippen molar-refractivity contribution in [1.82, 2.24) is 0 Å². The van der Waals surface area contributed by atoms with Crippen LogP contribution in [-0.2, 0) is 32.0 Å². The first kappa shape index (κ1) is 46.7. The lowest BCUT2D eigenvalue weighted by Gasteiger charge is -2.15. The van der Waals surface area contributed by atoms with Gasteiger partial charge >= 0.3 is 15.6 Å². The van der Waals surface area contributed by atoms with Gasteiger partial charge in [0.05, 0.1) is 13.2 Å². The van der Waals surface area contributed by atoms with Crippen molar-refractivity contribution in [2.75, 3.05) is 39.6 Å². The van der Waals surface area contributed by atoms with Gasteiger partial charge in [-0.25, -0.2) is 9.13 Å². The fourth-order valence-electron chi connectivity index (χ4n) is 3.94. The summed E-state index contributed by atoms with van der Waals surface area (Å²) in [4.78, 5) is 18.3. The van der Waals surface area contributed by atoms with Gasteiger partial charge in [0.1, 0.15) is 26.4 Å². The molecule has 0 aliphatic carbocycles. The van der Waals surface area contributed by atoms with Crippen LogP contribution in [0.25, 0.3) is 0 Å². The first-order valence-corrected chi connectivity index (χ1v) is 19.7. The van der Waals surface area contributed by atoms with Gasteiger partial charge in [-0.05, 0) is 107 Å². The van der Waals surface area contributed by atoms with Crippen molar-refractivity contribution in [2.24, 2.45) is 0 Å². The van der Waals surface area contributed by atoms with Gasteiger partial charge in [-0.1, -0.05) is 93.6 Å². The maximum Gasteiger partial charge on any atom is 0.485 e. The van der Waals surface area contributed by atoms with Gasteiger partial charge in [0, 0.05) is 0 Å². The predicted octanol–water partition coefficient (Wildman–Crippen LogP) is 10.1. The van der Waals surface area contributed by atoms with Gasteiger partial charge in [0.25, 0.3) is 0 Å². The summed E-state index contributed by atoms with van der Waals surface area (Å²) >= 11 is 0. The number of phosphoric acid groups is 2. The van der Waals surface area contributed by atoms with E-state index in [-0.39, 0.29) is 13.2 Å². The molecule has 0 aliphatic heterocycles. The van der Waals surface area contributed by atoms with Crippen LogP contribution < -0.4 is 0 Å². The number of hydrogen-bond acceptors (Lipinski definition) is 7. The summed E-state index contributed by atoms with van der Waals surface area (Å²) in [6, 6.07) is 0. The summed E-state index contributed by atoms with van der Waals surface area (Å²) in [5.74, 6) is 10.5. The van der Waals surface area contributed by atoms with Crippen LogP contribution in [0.2, 0.25) is 0 Å². The molecule has 11 heteroatoms. The third-order valence-corrected chi connectivity index (χ3v) is 9.28. The Morgan fingerprint density at radius 2 is 0.837 bits per heavy atom. The minimum absolute atomic E-state index is 0.0921. The van der Waals surface area contributed by atoms with E-state index in [1.165, 1.54) is 33.4 Å². The predicted molar refractivity (Wildman–Crippen MR) is 201 cm³/mol. The van der Waals surface area contributed by atoms with E-state index < -0.39 is 28.9 Å². The molecule has 0 unspecified atom stereocenters. The third-order valence-electron chi connectivity index (χ3n) is 6.74. The van der Waals surface area contributed by atoms with Crippen LogP contribution >= 0.6 is 15.6 Å². The van der Waals surface area contributed by atoms with E-state index in [1.54, 1.807) is 0 Å². The highest BCUT2D eigenvalue weighted by molar-refractivity contribution is 7.61. The Morgan fingerprint density at radius 3 is 1.18 bits per heavy atom. The van der Waals surface area contributed by atoms with Crippen LogP contribution in [0.5, 0.6) is 0 Å². The molecule has 0 bridgehead atoms. The highest BCUT2D eigenvalue weighted by Crippen LogP contribution is 2.60.